The van der Waals surface area contributed by atoms with Crippen molar-refractivity contribution in [3.8, 4) is 0 Å². The lowest BCUT2D eigenvalue weighted by molar-refractivity contribution is -0.140. The molecule has 2 N–H and O–H groups in total. The highest BCUT2D eigenvalue weighted by atomic mass is 32.2. The lowest BCUT2D eigenvalue weighted by Crippen LogP contribution is -2.11. The number of ether oxygens (including phenoxy) is 1. The summed E-state index contributed by atoms with van der Waals surface area (Å²) in [5, 5.41) is 0.193. The third-order valence-electron chi connectivity index (χ3n) is 2.12. The number of thioether (sulfide) groups is 1. The molecule has 1 aromatic heterocycles. The third-order valence-corrected chi connectivity index (χ3v) is 3.43. The van der Waals surface area contributed by atoms with Crippen LogP contribution in [0.25, 0.3) is 0 Å². The monoisotopic (exact) mass is 240 g/mol. The Morgan fingerprint density at radius 2 is 2.50 bits per heavy atom. The molecule has 0 fully saturated rings. The molecule has 1 unspecified atom stereocenters. The van der Waals surface area contributed by atoms with Gasteiger partial charge in [0.25, 0.3) is 0 Å². The highest BCUT2D eigenvalue weighted by Gasteiger charge is 2.11. The van der Waals surface area contributed by atoms with Gasteiger partial charge in [-0.05, 0) is 11.6 Å². The number of hydrogen-bond acceptors (Lipinski definition) is 5. The summed E-state index contributed by atoms with van der Waals surface area (Å²) >= 11 is 1.65. The minimum absolute atomic E-state index is 0.186. The highest BCUT2D eigenvalue weighted by molar-refractivity contribution is 7.99. The minimum Gasteiger partial charge on any atom is -0.469 e. The van der Waals surface area contributed by atoms with Crippen molar-refractivity contribution >= 4 is 17.7 Å². The van der Waals surface area contributed by atoms with E-state index in [4.69, 9.17) is 5.73 Å². The van der Waals surface area contributed by atoms with Crippen molar-refractivity contribution in [1.29, 1.82) is 0 Å². The van der Waals surface area contributed by atoms with Crippen molar-refractivity contribution in [2.45, 2.75) is 11.7 Å². The molecule has 0 amide bonds. The lowest BCUT2D eigenvalue weighted by atomic mass is 10.2. The van der Waals surface area contributed by atoms with Gasteiger partial charge in [-0.2, -0.15) is 11.8 Å². The van der Waals surface area contributed by atoms with Gasteiger partial charge in [0, 0.05) is 29.9 Å². The Morgan fingerprint density at radius 3 is 3.06 bits per heavy atom. The van der Waals surface area contributed by atoms with E-state index in [9.17, 15) is 4.79 Å². The van der Waals surface area contributed by atoms with E-state index >= 15 is 0 Å². The van der Waals surface area contributed by atoms with Crippen molar-refractivity contribution in [2.24, 2.45) is 5.73 Å². The van der Waals surface area contributed by atoms with Gasteiger partial charge in [-0.3, -0.25) is 9.78 Å². The molecule has 88 valence electrons. The van der Waals surface area contributed by atoms with Crippen LogP contribution in [0.1, 0.15) is 17.2 Å². The average molecular weight is 240 g/mol. The molecule has 0 saturated heterocycles. The number of nitrogens with zero attached hydrogens (tertiary/aromatic N) is 1. The largest absolute Gasteiger partial charge is 0.469 e. The maximum Gasteiger partial charge on any atom is 0.306 e. The quantitative estimate of drug-likeness (QED) is 0.761. The summed E-state index contributed by atoms with van der Waals surface area (Å²) in [6.07, 6.45) is 3.96. The molecule has 4 nitrogen and oxygen atoms in total. The van der Waals surface area contributed by atoms with Crippen LogP contribution in [0.15, 0.2) is 24.5 Å². The first-order chi connectivity index (χ1) is 7.77. The second-order valence-corrected chi connectivity index (χ2v) is 4.52. The van der Waals surface area contributed by atoms with Crippen molar-refractivity contribution in [1.82, 2.24) is 4.98 Å². The van der Waals surface area contributed by atoms with Crippen LogP contribution in [0, 0.1) is 0 Å². The van der Waals surface area contributed by atoms with Crippen LogP contribution in [0.2, 0.25) is 0 Å². The molecule has 1 heterocycles. The molecular formula is C11H16N2O2S. The Hall–Kier alpha value is -1.07. The molecule has 0 aliphatic heterocycles. The maximum absolute atomic E-state index is 10.9. The Morgan fingerprint density at radius 1 is 1.69 bits per heavy atom. The van der Waals surface area contributed by atoms with Crippen LogP contribution in [0.5, 0.6) is 0 Å². The maximum atomic E-state index is 10.9. The van der Waals surface area contributed by atoms with Gasteiger partial charge in [-0.1, -0.05) is 6.07 Å². The number of methoxy groups -OCH3 is 1. The first-order valence-corrected chi connectivity index (χ1v) is 6.11. The van der Waals surface area contributed by atoms with Crippen LogP contribution < -0.4 is 5.73 Å². The summed E-state index contributed by atoms with van der Waals surface area (Å²) in [7, 11) is 1.40. The van der Waals surface area contributed by atoms with Gasteiger partial charge in [0.05, 0.1) is 13.5 Å². The van der Waals surface area contributed by atoms with Crippen molar-refractivity contribution in [3.05, 3.63) is 30.1 Å². The van der Waals surface area contributed by atoms with E-state index in [2.05, 4.69) is 9.72 Å². The van der Waals surface area contributed by atoms with Crippen LogP contribution in [-0.2, 0) is 9.53 Å². The fraction of sp³-hybridized carbons (Fsp3) is 0.455. The molecule has 1 atom stereocenters. The molecule has 0 aliphatic carbocycles. The zero-order valence-corrected chi connectivity index (χ0v) is 10.1. The fourth-order valence-electron chi connectivity index (χ4n) is 1.25. The van der Waals surface area contributed by atoms with Crippen molar-refractivity contribution in [3.63, 3.8) is 0 Å². The molecule has 0 radical (unpaired) electrons. The van der Waals surface area contributed by atoms with Crippen molar-refractivity contribution < 1.29 is 9.53 Å². The number of carbonyl (C=O) groups excluding carboxylic acids is 1. The molecular weight excluding hydrogens is 224 g/mol. The molecule has 0 aliphatic rings. The van der Waals surface area contributed by atoms with Crippen LogP contribution in [-0.4, -0.2) is 30.4 Å². The number of nitrogens with two attached hydrogens (primary N) is 1. The number of hydrogen-bond donors (Lipinski definition) is 1. The second kappa shape index (κ2) is 7.24. The molecule has 0 saturated carbocycles. The average Bonchev–Trinajstić information content (AvgIpc) is 2.35. The number of aromatic nitrogens is 1. The fourth-order valence-corrected chi connectivity index (χ4v) is 2.29. The van der Waals surface area contributed by atoms with Gasteiger partial charge >= 0.3 is 5.97 Å². The second-order valence-electron chi connectivity index (χ2n) is 3.21. The van der Waals surface area contributed by atoms with E-state index in [1.165, 1.54) is 7.11 Å². The van der Waals surface area contributed by atoms with Gasteiger partial charge in [0.2, 0.25) is 0 Å². The normalized spacial score (nSPS) is 12.1. The van der Waals surface area contributed by atoms with E-state index < -0.39 is 0 Å². The molecule has 5 heteroatoms. The molecule has 0 aromatic carbocycles. The molecule has 0 bridgehead atoms. The van der Waals surface area contributed by atoms with E-state index in [1.807, 2.05) is 18.3 Å². The first-order valence-electron chi connectivity index (χ1n) is 5.06. The zero-order chi connectivity index (χ0) is 11.8. The molecule has 16 heavy (non-hydrogen) atoms. The SMILES string of the molecule is COC(=O)CCSC(CN)c1cccnc1. The Bertz CT molecular complexity index is 319. The number of pyridine rings is 1. The Labute approximate surface area is 99.6 Å². The smallest absolute Gasteiger partial charge is 0.306 e. The van der Waals surface area contributed by atoms with Gasteiger partial charge in [-0.15, -0.1) is 0 Å². The molecule has 1 rings (SSSR count). The van der Waals surface area contributed by atoms with Crippen molar-refractivity contribution in [2.75, 3.05) is 19.4 Å². The van der Waals surface area contributed by atoms with Crippen LogP contribution >= 0.6 is 11.8 Å². The summed E-state index contributed by atoms with van der Waals surface area (Å²) < 4.78 is 4.58. The first kappa shape index (κ1) is 13.0. The summed E-state index contributed by atoms with van der Waals surface area (Å²) in [6.45, 7) is 0.539. The summed E-state index contributed by atoms with van der Waals surface area (Å²) in [5.41, 5.74) is 6.79. The van der Waals surface area contributed by atoms with E-state index in [0.717, 1.165) is 5.56 Å². The van der Waals surface area contributed by atoms with E-state index in [-0.39, 0.29) is 11.2 Å². The highest BCUT2D eigenvalue weighted by Crippen LogP contribution is 2.27. The lowest BCUT2D eigenvalue weighted by Gasteiger charge is -2.13. The Kier molecular flexibility index (Phi) is 5.88. The Balaban J connectivity index is 2.41. The van der Waals surface area contributed by atoms with Crippen LogP contribution in [0.4, 0.5) is 0 Å². The standard InChI is InChI=1S/C11H16N2O2S/c1-15-11(14)4-6-16-10(7-12)9-3-2-5-13-8-9/h2-3,5,8,10H,4,6-7,12H2,1H3. The molecule has 0 spiro atoms. The predicted octanol–water partition coefficient (Wildman–Crippen LogP) is 1.38. The van der Waals surface area contributed by atoms with Gasteiger partial charge in [0.1, 0.15) is 0 Å². The summed E-state index contributed by atoms with van der Waals surface area (Å²) in [5.74, 6) is 0.526. The third kappa shape index (κ3) is 4.20. The van der Waals surface area contributed by atoms with E-state index in [1.54, 1.807) is 18.0 Å². The predicted molar refractivity (Wildman–Crippen MR) is 65.1 cm³/mol. The minimum atomic E-state index is -0.186. The van der Waals surface area contributed by atoms with Gasteiger partial charge in [0.15, 0.2) is 0 Å². The van der Waals surface area contributed by atoms with E-state index in [0.29, 0.717) is 18.7 Å². The number of carbonyl (C=O) groups is 1. The number of esters is 1. The number of rotatable bonds is 6. The summed E-state index contributed by atoms with van der Waals surface area (Å²) in [6, 6.07) is 3.88. The zero-order valence-electron chi connectivity index (χ0n) is 9.26. The van der Waals surface area contributed by atoms with Gasteiger partial charge in [-0.25, -0.2) is 0 Å². The topological polar surface area (TPSA) is 65.2 Å². The summed E-state index contributed by atoms with van der Waals surface area (Å²) in [4.78, 5) is 15.0. The molecule has 1 aromatic rings. The van der Waals surface area contributed by atoms with Gasteiger partial charge < -0.3 is 10.5 Å². The van der Waals surface area contributed by atoms with Crippen LogP contribution in [0.3, 0.4) is 0 Å².